The van der Waals surface area contributed by atoms with Gasteiger partial charge in [0.05, 0.1) is 6.61 Å². The lowest BCUT2D eigenvalue weighted by Crippen LogP contribution is -2.17. The van der Waals surface area contributed by atoms with E-state index in [-0.39, 0.29) is 5.17 Å². The van der Waals surface area contributed by atoms with Gasteiger partial charge in [-0.15, -0.1) is 0 Å². The Kier molecular flexibility index (Phi) is 8.78. The zero-order valence-corrected chi connectivity index (χ0v) is 17.5. The maximum atomic E-state index is 6.24. The Morgan fingerprint density at radius 2 is 2.18 bits per heavy atom. The number of nitrogens with two attached hydrogens (primary N) is 1. The summed E-state index contributed by atoms with van der Waals surface area (Å²) >= 11 is 14.6. The Bertz CT molecular complexity index is 567. The molecule has 1 unspecified atom stereocenters. The third kappa shape index (κ3) is 7.68. The van der Waals surface area contributed by atoms with Crippen LogP contribution in [0.25, 0.3) is 0 Å². The van der Waals surface area contributed by atoms with Gasteiger partial charge in [0.2, 0.25) is 10.9 Å². The van der Waals surface area contributed by atoms with Crippen LogP contribution in [0.3, 0.4) is 0 Å². The number of halogens is 2. The molecule has 0 saturated carbocycles. The van der Waals surface area contributed by atoms with E-state index in [9.17, 15) is 0 Å². The molecule has 0 bridgehead atoms. The van der Waals surface area contributed by atoms with Gasteiger partial charge < -0.3 is 9.84 Å². The molecule has 0 saturated heterocycles. The molecule has 0 radical (unpaired) electrons. The van der Waals surface area contributed by atoms with Crippen molar-refractivity contribution in [2.24, 2.45) is 11.4 Å². The lowest BCUT2D eigenvalue weighted by molar-refractivity contribution is 0.330. The second-order valence-corrected chi connectivity index (χ2v) is 10.9. The minimum atomic E-state index is -2.57. The van der Waals surface area contributed by atoms with E-state index in [1.807, 2.05) is 13.0 Å². The van der Waals surface area contributed by atoms with Crippen LogP contribution in [0.15, 0.2) is 22.7 Å². The number of anilines is 1. The molecule has 0 spiro atoms. The monoisotopic (exact) mass is 445 g/mol. The minimum absolute atomic E-state index is 0.176. The Morgan fingerprint density at radius 1 is 1.50 bits per heavy atom. The molecule has 4 nitrogen and oxygen atoms in total. The Hall–Kier alpha value is 0.250. The molecule has 0 aliphatic heterocycles. The first-order valence-electron chi connectivity index (χ1n) is 6.67. The summed E-state index contributed by atoms with van der Waals surface area (Å²) in [6, 6.07) is 5.39. The number of rotatable bonds is 6. The van der Waals surface area contributed by atoms with Crippen molar-refractivity contribution in [3.8, 4) is 0 Å². The Labute approximate surface area is 154 Å². The largest absolute Gasteiger partial charge is 0.504 e. The topological polar surface area (TPSA) is 56.5 Å². The molecule has 0 fully saturated rings. The maximum absolute atomic E-state index is 6.24. The van der Waals surface area contributed by atoms with Gasteiger partial charge in [0.1, 0.15) is 0 Å². The third-order valence-corrected chi connectivity index (χ3v) is 7.50. The van der Waals surface area contributed by atoms with Gasteiger partial charge in [0, 0.05) is 21.1 Å². The van der Waals surface area contributed by atoms with Crippen LogP contribution in [0, 0.1) is 5.92 Å². The normalized spacial score (nSPS) is 13.6. The standard InChI is InChI=1S/C13H19BrClN2O2PS2/c1-4-18-20(16,22-8-9(2)3)19-13(21)17-12-6-10(14)5-11(15)7-12/h5-7,9H,4,8,16H2,1-3H3/p+1. The van der Waals surface area contributed by atoms with E-state index < -0.39 is 6.64 Å². The van der Waals surface area contributed by atoms with E-state index in [0.29, 0.717) is 17.5 Å². The molecule has 3 N–H and O–H groups in total. The molecule has 0 heterocycles. The van der Waals surface area contributed by atoms with Gasteiger partial charge in [-0.2, -0.15) is 0 Å². The molecule has 124 valence electrons. The summed E-state index contributed by atoms with van der Waals surface area (Å²) in [5, 5.41) is 3.74. The molecule has 0 amide bonds. The highest BCUT2D eigenvalue weighted by molar-refractivity contribution is 9.10. The molecule has 1 aromatic rings. The summed E-state index contributed by atoms with van der Waals surface area (Å²) in [6.07, 6.45) is 0. The number of hydrogen-bond acceptors (Lipinski definition) is 3. The van der Waals surface area contributed by atoms with E-state index in [4.69, 9.17) is 38.4 Å². The van der Waals surface area contributed by atoms with Crippen molar-refractivity contribution in [2.75, 3.05) is 17.7 Å². The predicted molar refractivity (Wildman–Crippen MR) is 106 cm³/mol. The quantitative estimate of drug-likeness (QED) is 0.356. The van der Waals surface area contributed by atoms with Crippen molar-refractivity contribution in [3.63, 3.8) is 0 Å². The minimum Gasteiger partial charge on any atom is -0.374 e. The Morgan fingerprint density at radius 3 is 2.73 bits per heavy atom. The zero-order valence-electron chi connectivity index (χ0n) is 12.6. The average Bonchev–Trinajstić information content (AvgIpc) is 2.35. The van der Waals surface area contributed by atoms with Gasteiger partial charge >= 0.3 is 6.64 Å². The molecule has 9 heteroatoms. The number of thiocarbonyl (C=S) groups is 1. The van der Waals surface area contributed by atoms with Crippen molar-refractivity contribution >= 4 is 68.2 Å². The summed E-state index contributed by atoms with van der Waals surface area (Å²) in [6.45, 7) is 4.01. The van der Waals surface area contributed by atoms with Gasteiger partial charge in [-0.25, -0.2) is 5.50 Å². The first kappa shape index (κ1) is 20.3. The second kappa shape index (κ2) is 9.52. The van der Waals surface area contributed by atoms with Gasteiger partial charge in [-0.05, 0) is 37.3 Å². The number of benzene rings is 1. The summed E-state index contributed by atoms with van der Waals surface area (Å²) in [5.74, 6) is 1.33. The maximum Gasteiger partial charge on any atom is 0.504 e. The van der Waals surface area contributed by atoms with Crippen LogP contribution >= 0.6 is 46.4 Å². The second-order valence-electron chi connectivity index (χ2n) is 4.81. The van der Waals surface area contributed by atoms with Crippen molar-refractivity contribution in [1.82, 2.24) is 0 Å². The summed E-state index contributed by atoms with van der Waals surface area (Å²) in [4.78, 5) is 0. The van der Waals surface area contributed by atoms with Crippen LogP contribution in [0.1, 0.15) is 20.8 Å². The molecule has 0 aromatic heterocycles. The van der Waals surface area contributed by atoms with Crippen LogP contribution < -0.4 is 10.8 Å². The summed E-state index contributed by atoms with van der Waals surface area (Å²) < 4.78 is 12.2. The van der Waals surface area contributed by atoms with E-state index in [1.54, 1.807) is 12.1 Å². The van der Waals surface area contributed by atoms with E-state index in [1.165, 1.54) is 10.9 Å². The molecular weight excluding hydrogens is 427 g/mol. The van der Waals surface area contributed by atoms with Gasteiger partial charge in [0.25, 0.3) is 5.17 Å². The summed E-state index contributed by atoms with van der Waals surface area (Å²) in [7, 11) is 1.48. The fraction of sp³-hybridized carbons (Fsp3) is 0.462. The third-order valence-electron chi connectivity index (χ3n) is 2.22. The SMILES string of the molecule is CCOP(N)(OC(=S)Nc1cc(Cl)cc(Br)c1)=[S+]CC(C)C. The van der Waals surface area contributed by atoms with Crippen LogP contribution in [-0.2, 0) is 20.0 Å². The Balaban J connectivity index is 2.81. The van der Waals surface area contributed by atoms with E-state index in [2.05, 4.69) is 35.1 Å². The number of hydrogen-bond donors (Lipinski definition) is 2. The molecule has 22 heavy (non-hydrogen) atoms. The molecule has 1 atom stereocenters. The van der Waals surface area contributed by atoms with E-state index >= 15 is 0 Å². The van der Waals surface area contributed by atoms with Gasteiger partial charge in [-0.1, -0.05) is 41.4 Å². The zero-order chi connectivity index (χ0) is 16.8. The smallest absolute Gasteiger partial charge is 0.374 e. The highest BCUT2D eigenvalue weighted by Crippen LogP contribution is 2.42. The summed E-state index contributed by atoms with van der Waals surface area (Å²) in [5.41, 5.74) is 6.96. The first-order valence-corrected chi connectivity index (χ1v) is 11.5. The van der Waals surface area contributed by atoms with Crippen molar-refractivity contribution in [1.29, 1.82) is 0 Å². The number of nitrogens with one attached hydrogen (secondary N) is 1. The highest BCUT2D eigenvalue weighted by Gasteiger charge is 2.30. The average molecular weight is 447 g/mol. The van der Waals surface area contributed by atoms with Crippen LogP contribution in [-0.4, -0.2) is 17.5 Å². The molecule has 1 aromatic carbocycles. The molecule has 0 aliphatic rings. The van der Waals surface area contributed by atoms with Gasteiger partial charge in [0.15, 0.2) is 5.75 Å². The molecule has 1 rings (SSSR count). The lowest BCUT2D eigenvalue weighted by Gasteiger charge is -2.14. The van der Waals surface area contributed by atoms with Crippen molar-refractivity contribution in [2.45, 2.75) is 20.8 Å². The fourth-order valence-corrected chi connectivity index (χ4v) is 6.62. The van der Waals surface area contributed by atoms with Crippen LogP contribution in [0.4, 0.5) is 5.69 Å². The highest BCUT2D eigenvalue weighted by atomic mass is 79.9. The van der Waals surface area contributed by atoms with Crippen molar-refractivity contribution < 1.29 is 9.05 Å². The fourth-order valence-electron chi connectivity index (χ4n) is 1.41. The van der Waals surface area contributed by atoms with Gasteiger partial charge in [-0.3, -0.25) is 4.52 Å². The lowest BCUT2D eigenvalue weighted by atomic mass is 10.3. The van der Waals surface area contributed by atoms with E-state index in [0.717, 1.165) is 15.9 Å². The van der Waals surface area contributed by atoms with Crippen molar-refractivity contribution in [3.05, 3.63) is 27.7 Å². The van der Waals surface area contributed by atoms with Crippen LogP contribution in [0.5, 0.6) is 0 Å². The predicted octanol–water partition coefficient (Wildman–Crippen LogP) is 5.23. The molecular formula is C13H20BrClN2O2PS2+. The first-order chi connectivity index (χ1) is 10.2. The van der Waals surface area contributed by atoms with Crippen LogP contribution in [0.2, 0.25) is 5.02 Å². The molecule has 0 aliphatic carbocycles.